The van der Waals surface area contributed by atoms with Crippen molar-refractivity contribution in [2.24, 2.45) is 0 Å². The highest BCUT2D eigenvalue weighted by molar-refractivity contribution is 5.64. The van der Waals surface area contributed by atoms with Crippen molar-refractivity contribution in [3.63, 3.8) is 0 Å². The lowest BCUT2D eigenvalue weighted by molar-refractivity contribution is 0.557. The van der Waals surface area contributed by atoms with Crippen LogP contribution in [0.25, 0.3) is 5.70 Å². The van der Waals surface area contributed by atoms with Crippen molar-refractivity contribution < 1.29 is 4.42 Å². The van der Waals surface area contributed by atoms with Crippen LogP contribution in [0.4, 0.5) is 0 Å². The number of aromatic nitrogens is 1. The molecule has 0 spiro atoms. The highest BCUT2D eigenvalue weighted by Gasteiger charge is 2.05. The fourth-order valence-electron chi connectivity index (χ4n) is 0.791. The van der Waals surface area contributed by atoms with Gasteiger partial charge in [-0.25, -0.2) is 4.98 Å². The molecule has 0 saturated heterocycles. The third-order valence-electron chi connectivity index (χ3n) is 1.25. The van der Waals surface area contributed by atoms with E-state index in [1.165, 1.54) is 6.39 Å². The van der Waals surface area contributed by atoms with Gasteiger partial charge in [0.15, 0.2) is 6.39 Å². The minimum absolute atomic E-state index is 0.782. The van der Waals surface area contributed by atoms with Gasteiger partial charge in [-0.3, -0.25) is 5.32 Å². The number of oxazole rings is 1. The second-order valence-corrected chi connectivity index (χ2v) is 1.90. The molecule has 0 N–H and O–H groups in total. The molecule has 0 fully saturated rings. The van der Waals surface area contributed by atoms with Crippen molar-refractivity contribution in [2.45, 2.75) is 0 Å². The van der Waals surface area contributed by atoms with Crippen LogP contribution in [0.1, 0.15) is 5.69 Å². The first-order chi connectivity index (χ1) is 4.97. The first-order valence-corrected chi connectivity index (χ1v) is 2.93. The highest BCUT2D eigenvalue weighted by Crippen LogP contribution is 2.12. The lowest BCUT2D eigenvalue weighted by Gasteiger charge is -1.90. The molecule has 0 bridgehead atoms. The highest BCUT2D eigenvalue weighted by atomic mass is 16.3. The molecule has 0 atom stereocenters. The monoisotopic (exact) mass is 133 g/mol. The van der Waals surface area contributed by atoms with E-state index in [0.29, 0.717) is 0 Å². The standard InChI is InChI=1S/C7H5N2O/c1-2-6(8-3-1)7-4-10-5-9-7/h1-5H. The number of nitrogens with zero attached hydrogens (tertiary/aromatic N) is 2. The summed E-state index contributed by atoms with van der Waals surface area (Å²) in [5.41, 5.74) is 1.64. The Morgan fingerprint density at radius 3 is 3.00 bits per heavy atom. The van der Waals surface area contributed by atoms with Gasteiger partial charge in [0.1, 0.15) is 12.0 Å². The predicted octanol–water partition coefficient (Wildman–Crippen LogP) is 1.15. The van der Waals surface area contributed by atoms with Crippen molar-refractivity contribution in [3.05, 3.63) is 36.7 Å². The normalized spacial score (nSPS) is 15.0. The first kappa shape index (κ1) is 5.29. The summed E-state index contributed by atoms with van der Waals surface area (Å²) < 4.78 is 4.79. The third-order valence-corrected chi connectivity index (χ3v) is 1.25. The number of hydrogen-bond acceptors (Lipinski definition) is 2. The quantitative estimate of drug-likeness (QED) is 0.576. The van der Waals surface area contributed by atoms with Crippen LogP contribution in [-0.4, -0.2) is 4.98 Å². The molecule has 1 radical (unpaired) electrons. The molecular weight excluding hydrogens is 128 g/mol. The third kappa shape index (κ3) is 0.719. The van der Waals surface area contributed by atoms with Crippen LogP contribution in [0, 0.1) is 0 Å². The van der Waals surface area contributed by atoms with Gasteiger partial charge in [0.25, 0.3) is 0 Å². The number of allylic oxidation sites excluding steroid dienone is 2. The molecular formula is C7H5N2O. The molecule has 0 unspecified atom stereocenters. The molecule has 1 aromatic rings. The molecule has 10 heavy (non-hydrogen) atoms. The maximum absolute atomic E-state index is 4.79. The van der Waals surface area contributed by atoms with Gasteiger partial charge in [-0.2, -0.15) is 0 Å². The van der Waals surface area contributed by atoms with E-state index in [4.69, 9.17) is 4.42 Å². The molecule has 0 aliphatic carbocycles. The Labute approximate surface area is 58.1 Å². The Bertz CT molecular complexity index is 272. The van der Waals surface area contributed by atoms with E-state index in [1.54, 1.807) is 12.5 Å². The van der Waals surface area contributed by atoms with Crippen LogP contribution in [0.3, 0.4) is 0 Å². The van der Waals surface area contributed by atoms with Crippen molar-refractivity contribution in [1.82, 2.24) is 10.3 Å². The Morgan fingerprint density at radius 1 is 1.40 bits per heavy atom. The predicted molar refractivity (Wildman–Crippen MR) is 35.8 cm³/mol. The molecule has 3 heteroatoms. The molecule has 2 heterocycles. The molecule has 1 aliphatic heterocycles. The molecule has 0 saturated carbocycles. The van der Waals surface area contributed by atoms with Crippen molar-refractivity contribution in [1.29, 1.82) is 0 Å². The van der Waals surface area contributed by atoms with Gasteiger partial charge in [0.05, 0.1) is 5.70 Å². The van der Waals surface area contributed by atoms with E-state index in [2.05, 4.69) is 10.3 Å². The summed E-state index contributed by atoms with van der Waals surface area (Å²) in [7, 11) is 0. The van der Waals surface area contributed by atoms with Crippen LogP contribution >= 0.6 is 0 Å². The fraction of sp³-hybridized carbons (Fsp3) is 0. The molecule has 3 nitrogen and oxygen atoms in total. The summed E-state index contributed by atoms with van der Waals surface area (Å²) in [6.07, 6.45) is 8.44. The zero-order chi connectivity index (χ0) is 6.81. The van der Waals surface area contributed by atoms with Crippen LogP contribution in [-0.2, 0) is 0 Å². The smallest absolute Gasteiger partial charge is 0.181 e. The number of hydrogen-bond donors (Lipinski definition) is 0. The molecule has 1 aliphatic rings. The summed E-state index contributed by atoms with van der Waals surface area (Å²) in [4.78, 5) is 3.93. The minimum Gasteiger partial charge on any atom is -0.451 e. The summed E-state index contributed by atoms with van der Waals surface area (Å²) >= 11 is 0. The largest absolute Gasteiger partial charge is 0.451 e. The van der Waals surface area contributed by atoms with Crippen molar-refractivity contribution in [3.8, 4) is 0 Å². The summed E-state index contributed by atoms with van der Waals surface area (Å²) in [5, 5.41) is 4.04. The second kappa shape index (κ2) is 2.02. The molecule has 1 aromatic heterocycles. The maximum atomic E-state index is 4.79. The van der Waals surface area contributed by atoms with Crippen LogP contribution < -0.4 is 5.32 Å². The van der Waals surface area contributed by atoms with E-state index >= 15 is 0 Å². The molecule has 0 aromatic carbocycles. The van der Waals surface area contributed by atoms with E-state index in [0.717, 1.165) is 11.4 Å². The van der Waals surface area contributed by atoms with Gasteiger partial charge in [-0.15, -0.1) is 0 Å². The minimum atomic E-state index is 0.782. The van der Waals surface area contributed by atoms with E-state index in [1.807, 2.05) is 12.2 Å². The van der Waals surface area contributed by atoms with E-state index in [9.17, 15) is 0 Å². The average molecular weight is 133 g/mol. The topological polar surface area (TPSA) is 40.1 Å². The molecule has 49 valence electrons. The first-order valence-electron chi connectivity index (χ1n) is 2.93. The summed E-state index contributed by atoms with van der Waals surface area (Å²) in [6.45, 7) is 0. The van der Waals surface area contributed by atoms with Gasteiger partial charge < -0.3 is 4.42 Å². The number of rotatable bonds is 1. The average Bonchev–Trinajstić information content (AvgIpc) is 2.59. The Hall–Kier alpha value is -1.51. The Kier molecular flexibility index (Phi) is 1.07. The molecule has 0 amide bonds. The zero-order valence-electron chi connectivity index (χ0n) is 5.19. The maximum Gasteiger partial charge on any atom is 0.181 e. The van der Waals surface area contributed by atoms with Gasteiger partial charge in [0, 0.05) is 6.20 Å². The van der Waals surface area contributed by atoms with Crippen molar-refractivity contribution >= 4 is 5.70 Å². The van der Waals surface area contributed by atoms with E-state index < -0.39 is 0 Å². The van der Waals surface area contributed by atoms with Gasteiger partial charge in [0.2, 0.25) is 0 Å². The van der Waals surface area contributed by atoms with E-state index in [-0.39, 0.29) is 0 Å². The zero-order valence-corrected chi connectivity index (χ0v) is 5.19. The molecule has 2 rings (SSSR count). The second-order valence-electron chi connectivity index (χ2n) is 1.90. The SMILES string of the molecule is C1=C[N]C(c2cocn2)=C1. The van der Waals surface area contributed by atoms with Gasteiger partial charge in [-0.05, 0) is 12.2 Å². The summed E-state index contributed by atoms with van der Waals surface area (Å²) in [6, 6.07) is 0. The van der Waals surface area contributed by atoms with Crippen molar-refractivity contribution in [2.75, 3.05) is 0 Å². The lowest BCUT2D eigenvalue weighted by atomic mass is 10.3. The fourth-order valence-corrected chi connectivity index (χ4v) is 0.791. The lowest BCUT2D eigenvalue weighted by Crippen LogP contribution is -1.90. The van der Waals surface area contributed by atoms with Gasteiger partial charge >= 0.3 is 0 Å². The summed E-state index contributed by atoms with van der Waals surface area (Å²) in [5.74, 6) is 0. The van der Waals surface area contributed by atoms with Gasteiger partial charge in [-0.1, -0.05) is 0 Å². The van der Waals surface area contributed by atoms with Crippen LogP contribution in [0.15, 0.2) is 35.4 Å². The van der Waals surface area contributed by atoms with Crippen LogP contribution in [0.5, 0.6) is 0 Å². The van der Waals surface area contributed by atoms with Crippen LogP contribution in [0.2, 0.25) is 0 Å². The Morgan fingerprint density at radius 2 is 2.40 bits per heavy atom. The Balaban J connectivity index is 2.30.